The third kappa shape index (κ3) is 2.40. The van der Waals surface area contributed by atoms with Gasteiger partial charge in [0.25, 0.3) is 0 Å². The van der Waals surface area contributed by atoms with Crippen LogP contribution in [0.1, 0.15) is 25.3 Å². The van der Waals surface area contributed by atoms with Crippen molar-refractivity contribution in [2.75, 3.05) is 0 Å². The number of rotatable bonds is 2. The van der Waals surface area contributed by atoms with Crippen LogP contribution < -0.4 is 0 Å². The molecule has 1 aliphatic rings. The molecule has 0 heterocycles. The normalized spacial score (nSPS) is 30.0. The second-order valence-corrected chi connectivity index (χ2v) is 5.57. The van der Waals surface area contributed by atoms with Crippen LogP contribution in [0.15, 0.2) is 22.7 Å². The van der Waals surface area contributed by atoms with Crippen molar-refractivity contribution in [1.82, 2.24) is 0 Å². The van der Waals surface area contributed by atoms with E-state index >= 15 is 0 Å². The third-order valence-electron chi connectivity index (χ3n) is 2.98. The Morgan fingerprint density at radius 3 is 2.80 bits per heavy atom. The maximum absolute atomic E-state index is 13.4. The number of hydrogen-bond donors (Lipinski definition) is 1. The Labute approximate surface area is 97.4 Å². The fourth-order valence-corrected chi connectivity index (χ4v) is 2.82. The molecule has 0 amide bonds. The van der Waals surface area contributed by atoms with E-state index in [4.69, 9.17) is 0 Å². The molecule has 1 fully saturated rings. The molecule has 0 saturated heterocycles. The summed E-state index contributed by atoms with van der Waals surface area (Å²) >= 11 is 3.31. The highest BCUT2D eigenvalue weighted by molar-refractivity contribution is 9.10. The molecule has 82 valence electrons. The summed E-state index contributed by atoms with van der Waals surface area (Å²) < 4.78 is 14.3. The molecule has 0 atom stereocenters. The molecule has 0 spiro atoms. The highest BCUT2D eigenvalue weighted by Crippen LogP contribution is 2.40. The minimum absolute atomic E-state index is 0.230. The van der Waals surface area contributed by atoms with Gasteiger partial charge >= 0.3 is 0 Å². The Kier molecular flexibility index (Phi) is 2.86. The summed E-state index contributed by atoms with van der Waals surface area (Å²) in [6, 6.07) is 4.85. The highest BCUT2D eigenvalue weighted by atomic mass is 79.9. The second kappa shape index (κ2) is 3.87. The van der Waals surface area contributed by atoms with Crippen molar-refractivity contribution in [3.05, 3.63) is 34.1 Å². The topological polar surface area (TPSA) is 20.2 Å². The average molecular weight is 273 g/mol. The van der Waals surface area contributed by atoms with Crippen molar-refractivity contribution in [2.45, 2.75) is 31.8 Å². The van der Waals surface area contributed by atoms with Gasteiger partial charge in [-0.05, 0) is 42.5 Å². The zero-order valence-electron chi connectivity index (χ0n) is 8.63. The first-order valence-electron chi connectivity index (χ1n) is 5.15. The lowest BCUT2D eigenvalue weighted by atomic mass is 9.69. The molecule has 1 N–H and O–H groups in total. The van der Waals surface area contributed by atoms with Gasteiger partial charge in [-0.1, -0.05) is 22.9 Å². The van der Waals surface area contributed by atoms with Crippen LogP contribution in [-0.4, -0.2) is 10.7 Å². The van der Waals surface area contributed by atoms with E-state index < -0.39 is 5.60 Å². The Bertz CT molecular complexity index is 372. The van der Waals surface area contributed by atoms with Crippen LogP contribution >= 0.6 is 15.9 Å². The van der Waals surface area contributed by atoms with Gasteiger partial charge in [-0.2, -0.15) is 0 Å². The largest absolute Gasteiger partial charge is 0.390 e. The lowest BCUT2D eigenvalue weighted by molar-refractivity contribution is -0.0671. The Morgan fingerprint density at radius 2 is 2.20 bits per heavy atom. The lowest BCUT2D eigenvalue weighted by Gasteiger charge is -2.42. The van der Waals surface area contributed by atoms with Crippen LogP contribution in [0.25, 0.3) is 0 Å². The maximum atomic E-state index is 13.4. The predicted molar refractivity (Wildman–Crippen MR) is 61.2 cm³/mol. The van der Waals surface area contributed by atoms with E-state index in [0.717, 1.165) is 17.3 Å². The molecule has 2 rings (SSSR count). The minimum Gasteiger partial charge on any atom is -0.390 e. The molecule has 1 nitrogen and oxygen atoms in total. The van der Waals surface area contributed by atoms with Gasteiger partial charge in [0, 0.05) is 10.9 Å². The predicted octanol–water partition coefficient (Wildman–Crippen LogP) is 3.29. The van der Waals surface area contributed by atoms with E-state index in [1.807, 2.05) is 0 Å². The van der Waals surface area contributed by atoms with Crippen molar-refractivity contribution in [2.24, 2.45) is 5.92 Å². The van der Waals surface area contributed by atoms with Crippen molar-refractivity contribution in [1.29, 1.82) is 0 Å². The van der Waals surface area contributed by atoms with Crippen LogP contribution in [0, 0.1) is 11.7 Å². The Balaban J connectivity index is 2.14. The van der Waals surface area contributed by atoms with E-state index in [1.54, 1.807) is 12.1 Å². The molecule has 0 aromatic heterocycles. The zero-order chi connectivity index (χ0) is 11.1. The summed E-state index contributed by atoms with van der Waals surface area (Å²) in [5, 5.41) is 10.1. The van der Waals surface area contributed by atoms with Gasteiger partial charge < -0.3 is 5.11 Å². The first-order valence-corrected chi connectivity index (χ1v) is 5.94. The summed E-state index contributed by atoms with van der Waals surface area (Å²) in [6.45, 7) is 2.10. The number of aliphatic hydroxyl groups is 1. The van der Waals surface area contributed by atoms with Gasteiger partial charge in [-0.15, -0.1) is 0 Å². The van der Waals surface area contributed by atoms with Gasteiger partial charge in [0.1, 0.15) is 5.82 Å². The fourth-order valence-electron chi connectivity index (χ4n) is 2.42. The molecule has 0 aliphatic heterocycles. The first-order chi connectivity index (χ1) is 6.98. The molecule has 3 heteroatoms. The van der Waals surface area contributed by atoms with Crippen LogP contribution in [0.2, 0.25) is 0 Å². The van der Waals surface area contributed by atoms with Gasteiger partial charge in [0.2, 0.25) is 0 Å². The molecular weight excluding hydrogens is 259 g/mol. The van der Waals surface area contributed by atoms with Crippen LogP contribution in [0.4, 0.5) is 4.39 Å². The summed E-state index contributed by atoms with van der Waals surface area (Å²) in [6.07, 6.45) is 1.97. The van der Waals surface area contributed by atoms with Gasteiger partial charge in [-0.25, -0.2) is 4.39 Å². The third-order valence-corrected chi connectivity index (χ3v) is 3.48. The van der Waals surface area contributed by atoms with Crippen molar-refractivity contribution < 1.29 is 9.50 Å². The molecule has 0 radical (unpaired) electrons. The molecule has 1 aromatic rings. The standard InChI is InChI=1S/C12H14BrFO/c1-8-5-12(15,6-8)7-9-4-10(13)2-3-11(9)14/h2-4,8,15H,5-7H2,1H3. The van der Waals surface area contributed by atoms with Crippen LogP contribution in [0.3, 0.4) is 0 Å². The summed E-state index contributed by atoms with van der Waals surface area (Å²) in [5.74, 6) is 0.330. The molecule has 1 aliphatic carbocycles. The van der Waals surface area contributed by atoms with Gasteiger partial charge in [0.05, 0.1) is 5.60 Å². The average Bonchev–Trinajstić information content (AvgIpc) is 2.09. The Morgan fingerprint density at radius 1 is 1.53 bits per heavy atom. The molecule has 0 unspecified atom stereocenters. The van der Waals surface area contributed by atoms with Gasteiger partial charge in [0.15, 0.2) is 0 Å². The molecule has 1 saturated carbocycles. The monoisotopic (exact) mass is 272 g/mol. The summed E-state index contributed by atoms with van der Waals surface area (Å²) in [7, 11) is 0. The second-order valence-electron chi connectivity index (χ2n) is 4.65. The smallest absolute Gasteiger partial charge is 0.126 e. The molecular formula is C12H14BrFO. The van der Waals surface area contributed by atoms with E-state index in [0.29, 0.717) is 17.9 Å². The molecule has 1 aromatic carbocycles. The number of halogens is 2. The van der Waals surface area contributed by atoms with Crippen molar-refractivity contribution in [3.63, 3.8) is 0 Å². The zero-order valence-corrected chi connectivity index (χ0v) is 10.2. The lowest BCUT2D eigenvalue weighted by Crippen LogP contribution is -2.44. The number of benzene rings is 1. The Hall–Kier alpha value is -0.410. The van der Waals surface area contributed by atoms with E-state index in [1.165, 1.54) is 6.07 Å². The SMILES string of the molecule is CC1CC(O)(Cc2cc(Br)ccc2F)C1. The van der Waals surface area contributed by atoms with E-state index in [9.17, 15) is 9.50 Å². The van der Waals surface area contributed by atoms with E-state index in [-0.39, 0.29) is 5.82 Å². The van der Waals surface area contributed by atoms with E-state index in [2.05, 4.69) is 22.9 Å². The van der Waals surface area contributed by atoms with Crippen molar-refractivity contribution in [3.8, 4) is 0 Å². The first kappa shape index (κ1) is 11.1. The van der Waals surface area contributed by atoms with Gasteiger partial charge in [-0.3, -0.25) is 0 Å². The van der Waals surface area contributed by atoms with Crippen LogP contribution in [0.5, 0.6) is 0 Å². The molecule has 0 bridgehead atoms. The van der Waals surface area contributed by atoms with Crippen LogP contribution in [-0.2, 0) is 6.42 Å². The fraction of sp³-hybridized carbons (Fsp3) is 0.500. The summed E-state index contributed by atoms with van der Waals surface area (Å²) in [4.78, 5) is 0. The summed E-state index contributed by atoms with van der Waals surface area (Å²) in [5.41, 5.74) is -0.0834. The quantitative estimate of drug-likeness (QED) is 0.876. The minimum atomic E-state index is -0.680. The highest BCUT2D eigenvalue weighted by Gasteiger charge is 2.40. The maximum Gasteiger partial charge on any atom is 0.126 e. The van der Waals surface area contributed by atoms with Crippen molar-refractivity contribution >= 4 is 15.9 Å². The number of hydrogen-bond acceptors (Lipinski definition) is 1. The molecule has 15 heavy (non-hydrogen) atoms.